The van der Waals surface area contributed by atoms with Crippen LogP contribution in [0.1, 0.15) is 6.92 Å². The number of amides is 1. The van der Waals surface area contributed by atoms with Gasteiger partial charge in [-0.1, -0.05) is 0 Å². The zero-order chi connectivity index (χ0) is 10.8. The Bertz CT molecular complexity index is 261. The number of rotatable bonds is 2. The molecule has 1 heterocycles. The van der Waals surface area contributed by atoms with Crippen LogP contribution >= 0.6 is 18.2 Å². The van der Waals surface area contributed by atoms with Gasteiger partial charge in [-0.25, -0.2) is 9.19 Å². The van der Waals surface area contributed by atoms with Gasteiger partial charge in [0.2, 0.25) is 5.91 Å². The fourth-order valence-corrected chi connectivity index (χ4v) is 1.94. The lowest BCUT2D eigenvalue weighted by Gasteiger charge is -2.32. The minimum Gasteiger partial charge on any atom is -0.340 e. The largest absolute Gasteiger partial charge is 0.438 e. The molecule has 8 heteroatoms. The Labute approximate surface area is 86.7 Å². The van der Waals surface area contributed by atoms with E-state index in [1.54, 1.807) is 4.90 Å². The zero-order valence-electron chi connectivity index (χ0n) is 7.72. The number of nitrogens with zero attached hydrogens (tertiary/aromatic N) is 2. The molecule has 1 unspecified atom stereocenters. The molecule has 14 heavy (non-hydrogen) atoms. The number of piperazine rings is 1. The Morgan fingerprint density at radius 2 is 1.93 bits per heavy atom. The average molecular weight is 243 g/mol. The van der Waals surface area contributed by atoms with Crippen LogP contribution in [0.25, 0.3) is 0 Å². The van der Waals surface area contributed by atoms with E-state index in [4.69, 9.17) is 16.1 Å². The minimum atomic E-state index is -3.98. The van der Waals surface area contributed by atoms with E-state index in [1.165, 1.54) is 12.0 Å². The van der Waals surface area contributed by atoms with Crippen LogP contribution < -0.4 is 0 Å². The van der Waals surface area contributed by atoms with Crippen LogP contribution in [0.4, 0.5) is 0 Å². The van der Waals surface area contributed by atoms with Crippen LogP contribution in [0.15, 0.2) is 0 Å². The molecule has 0 saturated carbocycles. The molecule has 1 amide bonds. The molecule has 0 aliphatic carbocycles. The van der Waals surface area contributed by atoms with E-state index in [0.717, 1.165) is 0 Å². The van der Waals surface area contributed by atoms with Crippen molar-refractivity contribution in [3.05, 3.63) is 0 Å². The molecule has 1 N–H and O–H groups in total. The third-order valence-corrected chi connectivity index (χ3v) is 2.52. The molecule has 0 aromatic rings. The second-order valence-electron chi connectivity index (χ2n) is 2.97. The summed E-state index contributed by atoms with van der Waals surface area (Å²) in [6, 6.07) is 0. The van der Waals surface area contributed by atoms with Crippen LogP contribution in [0.5, 0.6) is 0 Å². The maximum absolute atomic E-state index is 10.9. The van der Waals surface area contributed by atoms with Crippen molar-refractivity contribution in [2.24, 2.45) is 0 Å². The van der Waals surface area contributed by atoms with Crippen molar-refractivity contribution >= 4 is 24.1 Å². The van der Waals surface area contributed by atoms with Gasteiger partial charge in [0, 0.05) is 44.3 Å². The number of hydrogen-bond donors (Lipinski definition) is 1. The first kappa shape index (κ1) is 11.9. The third kappa shape index (κ3) is 3.94. The number of hydroxylamine groups is 2. The summed E-state index contributed by atoms with van der Waals surface area (Å²) in [6.45, 7) is -0.773. The van der Waals surface area contributed by atoms with E-state index in [-0.39, 0.29) is 5.91 Å². The summed E-state index contributed by atoms with van der Waals surface area (Å²) in [6.07, 6.45) is 0. The topological polar surface area (TPSA) is 70.1 Å². The Kier molecular flexibility index (Phi) is 3.92. The van der Waals surface area contributed by atoms with Crippen LogP contribution in [0.3, 0.4) is 0 Å². The fraction of sp³-hybridized carbons (Fsp3) is 0.833. The van der Waals surface area contributed by atoms with E-state index in [2.05, 4.69) is 4.62 Å². The lowest BCUT2D eigenvalue weighted by atomic mass is 10.3. The zero-order valence-corrected chi connectivity index (χ0v) is 9.37. The Morgan fingerprint density at radius 3 is 2.29 bits per heavy atom. The summed E-state index contributed by atoms with van der Waals surface area (Å²) < 4.78 is 15.3. The predicted octanol–water partition coefficient (Wildman–Crippen LogP) is 0.421. The Morgan fingerprint density at radius 1 is 1.43 bits per heavy atom. The minimum absolute atomic E-state index is 0.0114. The molecule has 82 valence electrons. The molecule has 1 fully saturated rings. The van der Waals surface area contributed by atoms with E-state index in [0.29, 0.717) is 26.2 Å². The number of carbonyl (C=O) groups excluding carboxylic acids is 1. The van der Waals surface area contributed by atoms with Gasteiger partial charge in [0.1, 0.15) is 0 Å². The first-order valence-electron chi connectivity index (χ1n) is 4.11. The van der Waals surface area contributed by atoms with Gasteiger partial charge >= 0.3 is 6.95 Å². The summed E-state index contributed by atoms with van der Waals surface area (Å²) in [5.74, 6) is -0.0114. The van der Waals surface area contributed by atoms with Crippen molar-refractivity contribution < 1.29 is 18.9 Å². The molecule has 0 aromatic heterocycles. The predicted molar refractivity (Wildman–Crippen MR) is 50.6 cm³/mol. The summed E-state index contributed by atoms with van der Waals surface area (Å²) in [5.41, 5.74) is 0. The first-order chi connectivity index (χ1) is 6.38. The van der Waals surface area contributed by atoms with Crippen molar-refractivity contribution in [3.8, 4) is 0 Å². The first-order valence-corrected chi connectivity index (χ1v) is 6.59. The molecule has 1 atom stereocenters. The van der Waals surface area contributed by atoms with Crippen LogP contribution in [0, 0.1) is 0 Å². The number of hydrogen-bond acceptors (Lipinski definition) is 4. The standard InChI is InChI=1S/C6H12ClN2O4P/c1-6(10)8-2-4-9(5-3-8)13-14(7,11)12/h2-5H2,1H3,(H,11,12). The summed E-state index contributed by atoms with van der Waals surface area (Å²) in [5, 5.41) is 1.30. The van der Waals surface area contributed by atoms with E-state index in [9.17, 15) is 9.36 Å². The lowest BCUT2D eigenvalue weighted by Crippen LogP contribution is -2.47. The molecule has 0 aromatic carbocycles. The Balaban J connectivity index is 2.36. The Hall–Kier alpha value is -0.130. The molecule has 0 bridgehead atoms. The van der Waals surface area contributed by atoms with Crippen LogP contribution in [0.2, 0.25) is 0 Å². The van der Waals surface area contributed by atoms with Gasteiger partial charge in [-0.2, -0.15) is 5.06 Å². The van der Waals surface area contributed by atoms with Gasteiger partial charge < -0.3 is 9.79 Å². The normalized spacial score (nSPS) is 23.2. The second-order valence-corrected chi connectivity index (χ2v) is 5.32. The van der Waals surface area contributed by atoms with Crippen molar-refractivity contribution in [2.75, 3.05) is 26.2 Å². The maximum atomic E-state index is 10.9. The molecule has 1 aliphatic heterocycles. The molecule has 0 radical (unpaired) electrons. The monoisotopic (exact) mass is 242 g/mol. The van der Waals surface area contributed by atoms with Crippen molar-refractivity contribution in [1.82, 2.24) is 9.96 Å². The number of halogens is 1. The molecule has 0 spiro atoms. The fourth-order valence-electron chi connectivity index (χ4n) is 1.23. The van der Waals surface area contributed by atoms with Gasteiger partial charge in [0.05, 0.1) is 0 Å². The molecule has 1 saturated heterocycles. The molecule has 1 rings (SSSR count). The van der Waals surface area contributed by atoms with E-state index >= 15 is 0 Å². The average Bonchev–Trinajstić information content (AvgIpc) is 2.02. The summed E-state index contributed by atoms with van der Waals surface area (Å²) in [4.78, 5) is 21.3. The van der Waals surface area contributed by atoms with Crippen LogP contribution in [-0.2, 0) is 14.0 Å². The molecular weight excluding hydrogens is 231 g/mol. The molecule has 6 nitrogen and oxygen atoms in total. The summed E-state index contributed by atoms with van der Waals surface area (Å²) >= 11 is 5.03. The van der Waals surface area contributed by atoms with Crippen molar-refractivity contribution in [2.45, 2.75) is 6.92 Å². The highest BCUT2D eigenvalue weighted by atomic mass is 35.7. The van der Waals surface area contributed by atoms with E-state index in [1.807, 2.05) is 0 Å². The van der Waals surface area contributed by atoms with Gasteiger partial charge in [-0.15, -0.1) is 0 Å². The third-order valence-electron chi connectivity index (χ3n) is 1.90. The van der Waals surface area contributed by atoms with Crippen LogP contribution in [-0.4, -0.2) is 46.9 Å². The highest BCUT2D eigenvalue weighted by Crippen LogP contribution is 2.48. The number of carbonyl (C=O) groups is 1. The van der Waals surface area contributed by atoms with Gasteiger partial charge in [0.25, 0.3) is 0 Å². The van der Waals surface area contributed by atoms with Gasteiger partial charge in [-0.05, 0) is 0 Å². The lowest BCUT2D eigenvalue weighted by molar-refractivity contribution is -0.138. The highest BCUT2D eigenvalue weighted by Gasteiger charge is 2.25. The maximum Gasteiger partial charge on any atom is 0.438 e. The quantitative estimate of drug-likeness (QED) is 0.711. The second kappa shape index (κ2) is 4.59. The van der Waals surface area contributed by atoms with Crippen molar-refractivity contribution in [1.29, 1.82) is 0 Å². The van der Waals surface area contributed by atoms with Gasteiger partial charge in [-0.3, -0.25) is 4.79 Å². The van der Waals surface area contributed by atoms with Crippen molar-refractivity contribution in [3.63, 3.8) is 0 Å². The van der Waals surface area contributed by atoms with E-state index < -0.39 is 6.95 Å². The van der Waals surface area contributed by atoms with Gasteiger partial charge in [0.15, 0.2) is 0 Å². The SMILES string of the molecule is CC(=O)N1CCN(OP(=O)(O)Cl)CC1. The molecular formula is C6H12ClN2O4P. The molecule has 1 aliphatic rings. The summed E-state index contributed by atoms with van der Waals surface area (Å²) in [7, 11) is 0. The highest BCUT2D eigenvalue weighted by molar-refractivity contribution is 7.80. The smallest absolute Gasteiger partial charge is 0.340 e.